The molecule has 36 heavy (non-hydrogen) atoms. The van der Waals surface area contributed by atoms with E-state index < -0.39 is 0 Å². The molecule has 0 saturated carbocycles. The fourth-order valence-corrected chi connectivity index (χ4v) is 5.33. The third kappa shape index (κ3) is 6.33. The predicted octanol–water partition coefficient (Wildman–Crippen LogP) is 6.10. The molecule has 2 aliphatic rings. The van der Waals surface area contributed by atoms with Crippen molar-refractivity contribution in [2.24, 2.45) is 0 Å². The number of nitrogens with zero attached hydrogens (tertiary/aromatic N) is 2. The highest BCUT2D eigenvalue weighted by Gasteiger charge is 2.24. The normalized spacial score (nSPS) is 18.5. The molecule has 1 atom stereocenters. The van der Waals surface area contributed by atoms with Crippen molar-refractivity contribution in [2.45, 2.75) is 44.8 Å². The van der Waals surface area contributed by atoms with Gasteiger partial charge >= 0.3 is 0 Å². The van der Waals surface area contributed by atoms with Gasteiger partial charge in [-0.1, -0.05) is 55.3 Å². The quantitative estimate of drug-likeness (QED) is 0.384. The summed E-state index contributed by atoms with van der Waals surface area (Å²) in [6.45, 7) is 4.98. The van der Waals surface area contributed by atoms with Gasteiger partial charge in [0.1, 0.15) is 18.1 Å². The van der Waals surface area contributed by atoms with E-state index >= 15 is 0 Å². The van der Waals surface area contributed by atoms with E-state index in [4.69, 9.17) is 14.2 Å². The van der Waals surface area contributed by atoms with Crippen molar-refractivity contribution in [1.82, 2.24) is 0 Å². The van der Waals surface area contributed by atoms with E-state index in [9.17, 15) is 0 Å². The van der Waals surface area contributed by atoms with Crippen LogP contribution >= 0.6 is 0 Å². The number of methoxy groups -OCH3 is 1. The summed E-state index contributed by atoms with van der Waals surface area (Å²) in [5.41, 5.74) is 5.04. The molecule has 0 N–H and O–H groups in total. The van der Waals surface area contributed by atoms with E-state index in [-0.39, 0.29) is 0 Å². The summed E-state index contributed by atoms with van der Waals surface area (Å²) >= 11 is 0. The Balaban J connectivity index is 1.42. The van der Waals surface area contributed by atoms with Crippen LogP contribution in [0.15, 0.2) is 72.8 Å². The van der Waals surface area contributed by atoms with Crippen molar-refractivity contribution in [3.8, 4) is 11.5 Å². The van der Waals surface area contributed by atoms with Crippen LogP contribution < -0.4 is 19.3 Å². The van der Waals surface area contributed by atoms with Gasteiger partial charge in [-0.05, 0) is 48.6 Å². The maximum atomic E-state index is 6.39. The molecule has 2 fully saturated rings. The molecular weight excluding hydrogens is 448 g/mol. The summed E-state index contributed by atoms with van der Waals surface area (Å²) in [6.07, 6.45) is 6.11. The van der Waals surface area contributed by atoms with Gasteiger partial charge in [0, 0.05) is 49.2 Å². The lowest BCUT2D eigenvalue weighted by atomic mass is 10.00. The molecule has 0 amide bonds. The first-order chi connectivity index (χ1) is 17.8. The van der Waals surface area contributed by atoms with Crippen LogP contribution in [0.25, 0.3) is 0 Å². The monoisotopic (exact) mass is 486 g/mol. The Kier molecular flexibility index (Phi) is 8.29. The van der Waals surface area contributed by atoms with Gasteiger partial charge in [0.05, 0.1) is 20.3 Å². The minimum absolute atomic E-state index is 0.490. The Morgan fingerprint density at radius 3 is 2.33 bits per heavy atom. The molecule has 2 aliphatic heterocycles. The second kappa shape index (κ2) is 12.2. The molecule has 3 aromatic rings. The molecule has 5 heteroatoms. The highest BCUT2D eigenvalue weighted by atomic mass is 16.5. The molecule has 0 radical (unpaired) electrons. The molecule has 2 saturated heterocycles. The van der Waals surface area contributed by atoms with E-state index in [2.05, 4.69) is 70.5 Å². The standard InChI is InChI=1S/C31H38N2O3/c1-34-30-13-11-26(12-14-30)24-36-31-22-28(32-16-18-35-19-17-32)21-29(23-31)33-15-7-3-6-10-27(33)20-25-8-4-2-5-9-25/h2,4-5,8-9,11-14,21-23,27H,3,6-7,10,15-20,24H2,1H3. The van der Waals surface area contributed by atoms with Gasteiger partial charge in [-0.25, -0.2) is 0 Å². The second-order valence-corrected chi connectivity index (χ2v) is 9.81. The van der Waals surface area contributed by atoms with E-state index in [1.165, 1.54) is 42.6 Å². The fourth-order valence-electron chi connectivity index (χ4n) is 5.33. The lowest BCUT2D eigenvalue weighted by molar-refractivity contribution is 0.122. The Morgan fingerprint density at radius 2 is 1.56 bits per heavy atom. The van der Waals surface area contributed by atoms with Gasteiger partial charge in [-0.3, -0.25) is 0 Å². The molecule has 5 nitrogen and oxygen atoms in total. The zero-order chi connectivity index (χ0) is 24.6. The average molecular weight is 487 g/mol. The average Bonchev–Trinajstić information content (AvgIpc) is 3.18. The zero-order valence-corrected chi connectivity index (χ0v) is 21.4. The summed E-state index contributed by atoms with van der Waals surface area (Å²) in [5, 5.41) is 0. The van der Waals surface area contributed by atoms with Crippen LogP contribution in [0.1, 0.15) is 36.8 Å². The topological polar surface area (TPSA) is 34.2 Å². The lowest BCUT2D eigenvalue weighted by Gasteiger charge is -2.35. The Morgan fingerprint density at radius 1 is 0.778 bits per heavy atom. The Hall–Kier alpha value is -3.18. The molecule has 1 unspecified atom stereocenters. The largest absolute Gasteiger partial charge is 0.497 e. The first kappa shape index (κ1) is 24.5. The van der Waals surface area contributed by atoms with E-state index in [0.29, 0.717) is 12.6 Å². The molecular formula is C31H38N2O3. The maximum Gasteiger partial charge on any atom is 0.123 e. The number of anilines is 2. The van der Waals surface area contributed by atoms with Crippen LogP contribution in [0.4, 0.5) is 11.4 Å². The van der Waals surface area contributed by atoms with Crippen molar-refractivity contribution >= 4 is 11.4 Å². The number of hydrogen-bond donors (Lipinski definition) is 0. The molecule has 0 bridgehead atoms. The molecule has 3 aromatic carbocycles. The highest BCUT2D eigenvalue weighted by Crippen LogP contribution is 2.34. The third-order valence-electron chi connectivity index (χ3n) is 7.34. The third-order valence-corrected chi connectivity index (χ3v) is 7.34. The van der Waals surface area contributed by atoms with Crippen molar-refractivity contribution in [3.63, 3.8) is 0 Å². The number of rotatable bonds is 8. The minimum Gasteiger partial charge on any atom is -0.497 e. The first-order valence-corrected chi connectivity index (χ1v) is 13.3. The fraction of sp³-hybridized carbons (Fsp3) is 0.419. The van der Waals surface area contributed by atoms with Crippen LogP contribution in [-0.4, -0.2) is 46.0 Å². The van der Waals surface area contributed by atoms with Crippen LogP contribution in [0.3, 0.4) is 0 Å². The summed E-state index contributed by atoms with van der Waals surface area (Å²) in [7, 11) is 1.69. The smallest absolute Gasteiger partial charge is 0.123 e. The van der Waals surface area contributed by atoms with Crippen LogP contribution in [0.2, 0.25) is 0 Å². The summed E-state index contributed by atoms with van der Waals surface area (Å²) in [6, 6.07) is 26.3. The highest BCUT2D eigenvalue weighted by molar-refractivity contribution is 5.64. The molecule has 0 aromatic heterocycles. The van der Waals surface area contributed by atoms with Crippen molar-refractivity contribution in [3.05, 3.63) is 83.9 Å². The number of ether oxygens (including phenoxy) is 3. The Bertz CT molecular complexity index is 1080. The van der Waals surface area contributed by atoms with Gasteiger partial charge in [0.15, 0.2) is 0 Å². The zero-order valence-electron chi connectivity index (χ0n) is 21.4. The van der Waals surface area contributed by atoms with Gasteiger partial charge in [-0.2, -0.15) is 0 Å². The van der Waals surface area contributed by atoms with E-state index in [1.54, 1.807) is 7.11 Å². The molecule has 2 heterocycles. The predicted molar refractivity (Wildman–Crippen MR) is 147 cm³/mol. The van der Waals surface area contributed by atoms with Gasteiger partial charge in [0.2, 0.25) is 0 Å². The molecule has 0 spiro atoms. The SMILES string of the molecule is COc1ccc(COc2cc(N3CCOCC3)cc(N3CCCCCC3Cc3ccccc3)c2)cc1. The van der Waals surface area contributed by atoms with Crippen molar-refractivity contribution in [2.75, 3.05) is 49.8 Å². The summed E-state index contributed by atoms with van der Waals surface area (Å²) in [5.74, 6) is 1.79. The Labute approximate surface area is 215 Å². The van der Waals surface area contributed by atoms with E-state index in [0.717, 1.165) is 56.3 Å². The van der Waals surface area contributed by atoms with Crippen LogP contribution in [0.5, 0.6) is 11.5 Å². The number of hydrogen-bond acceptors (Lipinski definition) is 5. The summed E-state index contributed by atoms with van der Waals surface area (Å²) in [4.78, 5) is 5.07. The van der Waals surface area contributed by atoms with E-state index in [1.807, 2.05) is 12.1 Å². The number of morpholine rings is 1. The minimum atomic E-state index is 0.490. The number of benzene rings is 3. The van der Waals surface area contributed by atoms with Gasteiger partial charge in [-0.15, -0.1) is 0 Å². The molecule has 5 rings (SSSR count). The first-order valence-electron chi connectivity index (χ1n) is 13.3. The van der Waals surface area contributed by atoms with Gasteiger partial charge < -0.3 is 24.0 Å². The van der Waals surface area contributed by atoms with Crippen molar-refractivity contribution in [1.29, 1.82) is 0 Å². The maximum absolute atomic E-state index is 6.39. The summed E-state index contributed by atoms with van der Waals surface area (Å²) < 4.78 is 17.3. The van der Waals surface area contributed by atoms with Crippen LogP contribution in [0, 0.1) is 0 Å². The van der Waals surface area contributed by atoms with Crippen LogP contribution in [-0.2, 0) is 17.8 Å². The lowest BCUT2D eigenvalue weighted by Crippen LogP contribution is -2.38. The molecule has 0 aliphatic carbocycles. The van der Waals surface area contributed by atoms with Crippen molar-refractivity contribution < 1.29 is 14.2 Å². The molecule has 190 valence electrons. The van der Waals surface area contributed by atoms with Gasteiger partial charge in [0.25, 0.3) is 0 Å². The second-order valence-electron chi connectivity index (χ2n) is 9.81.